The topological polar surface area (TPSA) is 141 Å². The molecule has 0 saturated carbocycles. The van der Waals surface area contributed by atoms with Crippen molar-refractivity contribution in [2.45, 2.75) is 9.79 Å². The van der Waals surface area contributed by atoms with Crippen molar-refractivity contribution in [2.24, 2.45) is 0 Å². The molecule has 3 aromatic carbocycles. The number of amides is 1. The first kappa shape index (κ1) is 31.1. The summed E-state index contributed by atoms with van der Waals surface area (Å²) < 4.78 is 76.7. The number of morpholine rings is 1. The number of nitrogens with one attached hydrogen (secondary N) is 1. The van der Waals surface area contributed by atoms with Crippen molar-refractivity contribution >= 4 is 31.6 Å². The molecule has 1 fully saturated rings. The lowest BCUT2D eigenvalue weighted by Gasteiger charge is -2.26. The standard InChI is InChI=1S/C28H33N3O9S2/c1-37-23-10-13-27(38-2)26(20-23)31(42(35,36)24-6-4-3-5-7-24)21-28(32)29-14-17-40-22-8-11-25(12-9-22)41(33,34)30-15-18-39-19-16-30/h3-13,20H,14-19,21H2,1-2H3,(H,29,32). The minimum atomic E-state index is -4.16. The minimum absolute atomic E-state index is 0.00471. The van der Waals surface area contributed by atoms with Crippen LogP contribution >= 0.6 is 0 Å². The molecule has 14 heteroatoms. The van der Waals surface area contributed by atoms with Gasteiger partial charge in [0.2, 0.25) is 15.9 Å². The van der Waals surface area contributed by atoms with Crippen LogP contribution in [0.1, 0.15) is 0 Å². The Kier molecular flexibility index (Phi) is 10.3. The van der Waals surface area contributed by atoms with E-state index in [0.29, 0.717) is 37.8 Å². The maximum absolute atomic E-state index is 13.6. The Labute approximate surface area is 245 Å². The first-order chi connectivity index (χ1) is 20.2. The fourth-order valence-electron chi connectivity index (χ4n) is 4.20. The average molecular weight is 620 g/mol. The number of anilines is 1. The molecule has 1 heterocycles. The Morgan fingerprint density at radius 2 is 1.55 bits per heavy atom. The summed E-state index contributed by atoms with van der Waals surface area (Å²) in [7, 11) is -4.93. The fourth-order valence-corrected chi connectivity index (χ4v) is 7.05. The molecule has 226 valence electrons. The molecule has 0 atom stereocenters. The molecule has 12 nitrogen and oxygen atoms in total. The summed E-state index contributed by atoms with van der Waals surface area (Å²) in [4.78, 5) is 13.1. The van der Waals surface area contributed by atoms with E-state index in [1.54, 1.807) is 42.5 Å². The van der Waals surface area contributed by atoms with E-state index in [2.05, 4.69) is 5.32 Å². The van der Waals surface area contributed by atoms with Crippen LogP contribution in [0.5, 0.6) is 17.2 Å². The third kappa shape index (κ3) is 7.31. The number of hydrogen-bond donors (Lipinski definition) is 1. The highest BCUT2D eigenvalue weighted by molar-refractivity contribution is 7.93. The third-order valence-corrected chi connectivity index (χ3v) is 10.1. The Balaban J connectivity index is 1.40. The molecule has 1 aliphatic heterocycles. The van der Waals surface area contributed by atoms with E-state index in [1.165, 1.54) is 48.9 Å². The van der Waals surface area contributed by atoms with Gasteiger partial charge in [0.05, 0.1) is 49.5 Å². The molecular weight excluding hydrogens is 586 g/mol. The normalized spacial score (nSPS) is 14.1. The molecule has 1 aliphatic rings. The van der Waals surface area contributed by atoms with Crippen molar-refractivity contribution in [3.05, 3.63) is 72.8 Å². The van der Waals surface area contributed by atoms with Crippen LogP contribution in [0.25, 0.3) is 0 Å². The van der Waals surface area contributed by atoms with E-state index >= 15 is 0 Å². The van der Waals surface area contributed by atoms with E-state index in [1.807, 2.05) is 0 Å². The SMILES string of the molecule is COc1ccc(OC)c(N(CC(=O)NCCOc2ccc(S(=O)(=O)N3CCOCC3)cc2)S(=O)(=O)c2ccccc2)c1. The van der Waals surface area contributed by atoms with Crippen molar-refractivity contribution < 1.29 is 40.6 Å². The summed E-state index contributed by atoms with van der Waals surface area (Å²) in [5.74, 6) is 0.469. The zero-order chi connectivity index (χ0) is 30.2. The highest BCUT2D eigenvalue weighted by Gasteiger charge is 2.30. The van der Waals surface area contributed by atoms with E-state index in [-0.39, 0.29) is 34.4 Å². The molecule has 0 spiro atoms. The lowest BCUT2D eigenvalue weighted by Crippen LogP contribution is -2.42. The molecule has 0 aliphatic carbocycles. The molecule has 3 aromatic rings. The number of methoxy groups -OCH3 is 2. The van der Waals surface area contributed by atoms with E-state index in [4.69, 9.17) is 18.9 Å². The summed E-state index contributed by atoms with van der Waals surface area (Å²) in [6.45, 7) is 0.916. The maximum atomic E-state index is 13.6. The summed E-state index contributed by atoms with van der Waals surface area (Å²) in [6, 6.07) is 18.4. The molecule has 1 saturated heterocycles. The number of ether oxygens (including phenoxy) is 4. The largest absolute Gasteiger partial charge is 0.497 e. The van der Waals surface area contributed by atoms with Crippen LogP contribution in [-0.4, -0.2) is 87.3 Å². The van der Waals surface area contributed by atoms with Gasteiger partial charge in [-0.15, -0.1) is 0 Å². The number of carbonyl (C=O) groups is 1. The van der Waals surface area contributed by atoms with Gasteiger partial charge in [0, 0.05) is 19.2 Å². The molecule has 42 heavy (non-hydrogen) atoms. The molecule has 0 aromatic heterocycles. The van der Waals surface area contributed by atoms with Crippen molar-refractivity contribution in [1.82, 2.24) is 9.62 Å². The van der Waals surface area contributed by atoms with E-state index in [9.17, 15) is 21.6 Å². The van der Waals surface area contributed by atoms with Gasteiger partial charge in [-0.3, -0.25) is 9.10 Å². The van der Waals surface area contributed by atoms with Gasteiger partial charge in [-0.1, -0.05) is 18.2 Å². The lowest BCUT2D eigenvalue weighted by atomic mass is 10.2. The highest BCUT2D eigenvalue weighted by atomic mass is 32.2. The maximum Gasteiger partial charge on any atom is 0.264 e. The van der Waals surface area contributed by atoms with E-state index in [0.717, 1.165) is 4.31 Å². The van der Waals surface area contributed by atoms with Crippen molar-refractivity contribution in [3.63, 3.8) is 0 Å². The quantitative estimate of drug-likeness (QED) is 0.285. The lowest BCUT2D eigenvalue weighted by molar-refractivity contribution is -0.119. The number of sulfonamides is 2. The van der Waals surface area contributed by atoms with Gasteiger partial charge >= 0.3 is 0 Å². The van der Waals surface area contributed by atoms with Gasteiger partial charge in [-0.05, 0) is 48.5 Å². The van der Waals surface area contributed by atoms with Crippen LogP contribution in [0.4, 0.5) is 5.69 Å². The minimum Gasteiger partial charge on any atom is -0.497 e. The Morgan fingerprint density at radius 3 is 2.19 bits per heavy atom. The summed E-state index contributed by atoms with van der Waals surface area (Å²) in [5.41, 5.74) is 0.138. The van der Waals surface area contributed by atoms with Crippen LogP contribution in [0.2, 0.25) is 0 Å². The predicted octanol–water partition coefficient (Wildman–Crippen LogP) is 2.12. The number of rotatable bonds is 13. The molecule has 0 bridgehead atoms. The van der Waals surface area contributed by atoms with Crippen LogP contribution in [-0.2, 0) is 29.6 Å². The summed E-state index contributed by atoms with van der Waals surface area (Å²) in [5, 5.41) is 2.66. The van der Waals surface area contributed by atoms with Crippen LogP contribution in [0, 0.1) is 0 Å². The van der Waals surface area contributed by atoms with Crippen LogP contribution in [0.15, 0.2) is 82.6 Å². The fraction of sp³-hybridized carbons (Fsp3) is 0.321. The molecule has 0 unspecified atom stereocenters. The van der Waals surface area contributed by atoms with Gasteiger partial charge in [-0.25, -0.2) is 16.8 Å². The number of benzene rings is 3. The molecular formula is C28H33N3O9S2. The molecule has 4 rings (SSSR count). The summed E-state index contributed by atoms with van der Waals surface area (Å²) >= 11 is 0. The van der Waals surface area contributed by atoms with Gasteiger partial charge in [0.15, 0.2) is 0 Å². The second kappa shape index (κ2) is 13.9. The highest BCUT2D eigenvalue weighted by Crippen LogP contribution is 2.35. The second-order valence-corrected chi connectivity index (χ2v) is 12.8. The van der Waals surface area contributed by atoms with Crippen molar-refractivity contribution in [1.29, 1.82) is 0 Å². The smallest absolute Gasteiger partial charge is 0.264 e. The van der Waals surface area contributed by atoms with Crippen molar-refractivity contribution in [3.8, 4) is 17.2 Å². The number of nitrogens with zero attached hydrogens (tertiary/aromatic N) is 2. The molecule has 1 N–H and O–H groups in total. The van der Waals surface area contributed by atoms with E-state index < -0.39 is 32.5 Å². The van der Waals surface area contributed by atoms with Crippen molar-refractivity contribution in [2.75, 3.05) is 64.5 Å². The van der Waals surface area contributed by atoms with Crippen LogP contribution < -0.4 is 23.8 Å². The average Bonchev–Trinajstić information content (AvgIpc) is 3.02. The zero-order valence-electron chi connectivity index (χ0n) is 23.3. The van der Waals surface area contributed by atoms with Gasteiger partial charge in [-0.2, -0.15) is 4.31 Å². The Hall–Kier alpha value is -3.85. The van der Waals surface area contributed by atoms with Gasteiger partial charge < -0.3 is 24.3 Å². The molecule has 1 amide bonds. The third-order valence-electron chi connectivity index (χ3n) is 6.40. The summed E-state index contributed by atoms with van der Waals surface area (Å²) in [6.07, 6.45) is 0. The van der Waals surface area contributed by atoms with Gasteiger partial charge in [0.1, 0.15) is 30.4 Å². The molecule has 0 radical (unpaired) electrons. The Morgan fingerprint density at radius 1 is 0.881 bits per heavy atom. The Bertz CT molecular complexity index is 1560. The number of hydrogen-bond acceptors (Lipinski definition) is 9. The van der Waals surface area contributed by atoms with Gasteiger partial charge in [0.25, 0.3) is 10.0 Å². The first-order valence-corrected chi connectivity index (χ1v) is 15.9. The van der Waals surface area contributed by atoms with Crippen LogP contribution in [0.3, 0.4) is 0 Å². The second-order valence-electron chi connectivity index (χ2n) is 9.05. The zero-order valence-corrected chi connectivity index (χ0v) is 24.9. The monoisotopic (exact) mass is 619 g/mol. The predicted molar refractivity (Wildman–Crippen MR) is 155 cm³/mol. The first-order valence-electron chi connectivity index (χ1n) is 13.0. The number of carbonyl (C=O) groups excluding carboxylic acids is 1.